The number of nitrogens with one attached hydrogen (secondary N) is 1. The molecule has 0 aliphatic carbocycles. The normalized spacial score (nSPS) is 16.3. The van der Waals surface area contributed by atoms with E-state index < -0.39 is 0 Å². The van der Waals surface area contributed by atoms with Crippen LogP contribution in [-0.4, -0.2) is 61.3 Å². The molecular weight excluding hydrogens is 334 g/mol. The third-order valence-electron chi connectivity index (χ3n) is 4.13. The molecule has 26 heavy (non-hydrogen) atoms. The number of para-hydroxylation sites is 2. The molecule has 1 aromatic carbocycles. The maximum absolute atomic E-state index is 12.5. The predicted octanol–water partition coefficient (Wildman–Crippen LogP) is 2.24. The van der Waals surface area contributed by atoms with E-state index in [0.717, 1.165) is 12.2 Å². The van der Waals surface area contributed by atoms with Crippen molar-refractivity contribution in [2.75, 3.05) is 44.5 Å². The Hall–Kier alpha value is -3.03. The zero-order chi connectivity index (χ0) is 18.5. The Morgan fingerprint density at radius 3 is 2.88 bits per heavy atom. The molecule has 8 heteroatoms. The van der Waals surface area contributed by atoms with E-state index >= 15 is 0 Å². The van der Waals surface area contributed by atoms with Gasteiger partial charge in [0.1, 0.15) is 11.9 Å². The van der Waals surface area contributed by atoms with Gasteiger partial charge in [0.15, 0.2) is 5.82 Å². The molecule has 2 amide bonds. The van der Waals surface area contributed by atoms with Crippen LogP contribution in [0.2, 0.25) is 0 Å². The Balaban J connectivity index is 1.58. The number of hydrogen-bond donors (Lipinski definition) is 1. The lowest BCUT2D eigenvalue weighted by Crippen LogP contribution is -2.34. The molecule has 0 saturated carbocycles. The quantitative estimate of drug-likeness (QED) is 0.884. The number of carbonyl (C=O) groups excluding carboxylic acids is 1. The summed E-state index contributed by atoms with van der Waals surface area (Å²) in [5.74, 6) is 1.82. The van der Waals surface area contributed by atoms with E-state index in [9.17, 15) is 4.79 Å². The van der Waals surface area contributed by atoms with E-state index in [2.05, 4.69) is 15.3 Å². The van der Waals surface area contributed by atoms with Crippen molar-refractivity contribution in [3.05, 3.63) is 36.7 Å². The number of aromatic nitrogens is 2. The van der Waals surface area contributed by atoms with Crippen LogP contribution in [0.25, 0.3) is 0 Å². The van der Waals surface area contributed by atoms with Crippen LogP contribution in [0.15, 0.2) is 36.7 Å². The van der Waals surface area contributed by atoms with Crippen molar-refractivity contribution < 1.29 is 14.3 Å². The van der Waals surface area contributed by atoms with E-state index in [1.165, 1.54) is 0 Å². The third kappa shape index (κ3) is 4.14. The number of ether oxygens (including phenoxy) is 2. The Bertz CT molecular complexity index is 768. The Morgan fingerprint density at radius 2 is 2.12 bits per heavy atom. The highest BCUT2D eigenvalue weighted by Crippen LogP contribution is 2.24. The summed E-state index contributed by atoms with van der Waals surface area (Å²) in [4.78, 5) is 24.6. The molecule has 0 spiro atoms. The molecule has 1 aromatic heterocycles. The Morgan fingerprint density at radius 1 is 1.31 bits per heavy atom. The van der Waals surface area contributed by atoms with E-state index in [1.807, 2.05) is 43.3 Å². The van der Waals surface area contributed by atoms with Crippen molar-refractivity contribution in [1.29, 1.82) is 0 Å². The number of likely N-dealkylation sites (tertiary alicyclic amines) is 1. The van der Waals surface area contributed by atoms with Gasteiger partial charge in [-0.25, -0.2) is 4.79 Å². The van der Waals surface area contributed by atoms with Crippen molar-refractivity contribution in [1.82, 2.24) is 14.9 Å². The molecule has 8 nitrogen and oxygen atoms in total. The summed E-state index contributed by atoms with van der Waals surface area (Å²) in [6, 6.07) is 7.15. The standard InChI is InChI=1S/C18H23N5O3/c1-22(2)16-10-19-11-17(21-16)26-13-8-9-23(12-13)18(24)20-14-6-4-5-7-15(14)25-3/h4-7,10-11,13H,8-9,12H2,1-3H3,(H,20,24). The van der Waals surface area contributed by atoms with Gasteiger partial charge >= 0.3 is 6.03 Å². The monoisotopic (exact) mass is 357 g/mol. The summed E-state index contributed by atoms with van der Waals surface area (Å²) < 4.78 is 11.2. The second-order valence-electron chi connectivity index (χ2n) is 6.21. The van der Waals surface area contributed by atoms with Crippen LogP contribution >= 0.6 is 0 Å². The molecular formula is C18H23N5O3. The first-order valence-corrected chi connectivity index (χ1v) is 8.42. The average Bonchev–Trinajstić information content (AvgIpc) is 3.11. The van der Waals surface area contributed by atoms with Crippen molar-refractivity contribution >= 4 is 17.5 Å². The Labute approximate surface area is 152 Å². The lowest BCUT2D eigenvalue weighted by Gasteiger charge is -2.19. The third-order valence-corrected chi connectivity index (χ3v) is 4.13. The number of hydrogen-bond acceptors (Lipinski definition) is 6. The summed E-state index contributed by atoms with van der Waals surface area (Å²) in [5, 5.41) is 2.88. The lowest BCUT2D eigenvalue weighted by atomic mass is 10.3. The van der Waals surface area contributed by atoms with Crippen molar-refractivity contribution in [2.24, 2.45) is 0 Å². The number of methoxy groups -OCH3 is 1. The minimum atomic E-state index is -0.172. The molecule has 1 N–H and O–H groups in total. The molecule has 2 aromatic rings. The molecule has 0 radical (unpaired) electrons. The van der Waals surface area contributed by atoms with Crippen LogP contribution in [0.3, 0.4) is 0 Å². The fourth-order valence-electron chi connectivity index (χ4n) is 2.73. The van der Waals surface area contributed by atoms with Gasteiger partial charge in [-0.15, -0.1) is 0 Å². The largest absolute Gasteiger partial charge is 0.495 e. The van der Waals surface area contributed by atoms with Gasteiger partial charge in [0.2, 0.25) is 5.88 Å². The first-order chi connectivity index (χ1) is 12.6. The number of nitrogens with zero attached hydrogens (tertiary/aromatic N) is 4. The topological polar surface area (TPSA) is 79.8 Å². The molecule has 2 heterocycles. The lowest BCUT2D eigenvalue weighted by molar-refractivity contribution is 0.189. The van der Waals surface area contributed by atoms with Gasteiger partial charge in [-0.05, 0) is 12.1 Å². The van der Waals surface area contributed by atoms with Crippen LogP contribution in [0.5, 0.6) is 11.6 Å². The van der Waals surface area contributed by atoms with Crippen molar-refractivity contribution in [3.8, 4) is 11.6 Å². The van der Waals surface area contributed by atoms with Gasteiger partial charge in [-0.1, -0.05) is 12.1 Å². The second-order valence-corrected chi connectivity index (χ2v) is 6.21. The fraction of sp³-hybridized carbons (Fsp3) is 0.389. The second kappa shape index (κ2) is 7.90. The smallest absolute Gasteiger partial charge is 0.322 e. The predicted molar refractivity (Wildman–Crippen MR) is 99.0 cm³/mol. The summed E-state index contributed by atoms with van der Waals surface area (Å²) in [6.07, 6.45) is 3.90. The SMILES string of the molecule is COc1ccccc1NC(=O)N1CCC(Oc2cncc(N(C)C)n2)C1. The fourth-order valence-corrected chi connectivity index (χ4v) is 2.73. The zero-order valence-corrected chi connectivity index (χ0v) is 15.2. The first kappa shape index (κ1) is 17.8. The van der Waals surface area contributed by atoms with E-state index in [-0.39, 0.29) is 12.1 Å². The summed E-state index contributed by atoms with van der Waals surface area (Å²) >= 11 is 0. The van der Waals surface area contributed by atoms with Gasteiger partial charge < -0.3 is 24.6 Å². The molecule has 1 saturated heterocycles. The summed E-state index contributed by atoms with van der Waals surface area (Å²) in [7, 11) is 5.37. The highest BCUT2D eigenvalue weighted by Gasteiger charge is 2.28. The van der Waals surface area contributed by atoms with Gasteiger partial charge in [-0.3, -0.25) is 4.98 Å². The number of anilines is 2. The number of carbonyl (C=O) groups is 1. The Kier molecular flexibility index (Phi) is 5.40. The van der Waals surface area contributed by atoms with Crippen LogP contribution < -0.4 is 19.7 Å². The van der Waals surface area contributed by atoms with E-state index in [1.54, 1.807) is 24.4 Å². The van der Waals surface area contributed by atoms with E-state index in [0.29, 0.717) is 30.4 Å². The highest BCUT2D eigenvalue weighted by molar-refractivity contribution is 5.91. The van der Waals surface area contributed by atoms with Crippen LogP contribution in [0.1, 0.15) is 6.42 Å². The molecule has 1 aliphatic rings. The molecule has 138 valence electrons. The van der Waals surface area contributed by atoms with E-state index in [4.69, 9.17) is 9.47 Å². The molecule has 1 atom stereocenters. The summed E-state index contributed by atoms with van der Waals surface area (Å²) in [6.45, 7) is 1.11. The number of amides is 2. The molecule has 1 aliphatic heterocycles. The first-order valence-electron chi connectivity index (χ1n) is 8.42. The van der Waals surface area contributed by atoms with Crippen LogP contribution in [-0.2, 0) is 0 Å². The molecule has 1 unspecified atom stereocenters. The minimum Gasteiger partial charge on any atom is -0.495 e. The summed E-state index contributed by atoms with van der Waals surface area (Å²) in [5.41, 5.74) is 0.647. The number of rotatable bonds is 5. The molecule has 0 bridgehead atoms. The van der Waals surface area contributed by atoms with Gasteiger partial charge in [-0.2, -0.15) is 4.98 Å². The molecule has 3 rings (SSSR count). The maximum Gasteiger partial charge on any atom is 0.322 e. The van der Waals surface area contributed by atoms with Crippen LogP contribution in [0, 0.1) is 0 Å². The molecule has 1 fully saturated rings. The highest BCUT2D eigenvalue weighted by atomic mass is 16.5. The van der Waals surface area contributed by atoms with Crippen molar-refractivity contribution in [3.63, 3.8) is 0 Å². The zero-order valence-electron chi connectivity index (χ0n) is 15.2. The van der Waals surface area contributed by atoms with Gasteiger partial charge in [0.05, 0.1) is 31.7 Å². The van der Waals surface area contributed by atoms with Gasteiger partial charge in [0, 0.05) is 27.1 Å². The minimum absolute atomic E-state index is 0.106. The average molecular weight is 357 g/mol. The van der Waals surface area contributed by atoms with Gasteiger partial charge in [0.25, 0.3) is 0 Å². The maximum atomic E-state index is 12.5. The number of benzene rings is 1. The van der Waals surface area contributed by atoms with Crippen molar-refractivity contribution in [2.45, 2.75) is 12.5 Å². The van der Waals surface area contributed by atoms with Crippen LogP contribution in [0.4, 0.5) is 16.3 Å². The number of urea groups is 1.